The zero-order valence-corrected chi connectivity index (χ0v) is 12.3. The van der Waals surface area contributed by atoms with E-state index in [0.717, 1.165) is 24.0 Å². The molecule has 0 amide bonds. The number of rotatable bonds is 5. The van der Waals surface area contributed by atoms with E-state index in [1.54, 1.807) is 6.07 Å². The molecule has 1 aromatic carbocycles. The van der Waals surface area contributed by atoms with Crippen LogP contribution in [0.25, 0.3) is 0 Å². The lowest BCUT2D eigenvalue weighted by Gasteiger charge is -2.15. The second kappa shape index (κ2) is 5.83. The molecule has 2 rings (SSSR count). The van der Waals surface area contributed by atoms with Crippen molar-refractivity contribution in [2.75, 3.05) is 13.1 Å². The Labute approximate surface area is 123 Å². The molecule has 1 aliphatic carbocycles. The number of hydrogen-bond acceptors (Lipinski definition) is 1. The van der Waals surface area contributed by atoms with Crippen LogP contribution in [-0.4, -0.2) is 19.0 Å². The lowest BCUT2D eigenvalue weighted by molar-refractivity contribution is 0.623. The summed E-state index contributed by atoms with van der Waals surface area (Å²) in [5.41, 5.74) is 7.67. The van der Waals surface area contributed by atoms with Gasteiger partial charge in [-0.3, -0.25) is 4.99 Å². The molecule has 0 spiro atoms. The Kier molecular flexibility index (Phi) is 4.33. The summed E-state index contributed by atoms with van der Waals surface area (Å²) in [5.74, 6) is 0.0817. The van der Waals surface area contributed by atoms with Gasteiger partial charge in [0.2, 0.25) is 0 Å². The third kappa shape index (κ3) is 3.51. The predicted molar refractivity (Wildman–Crippen MR) is 81.6 cm³/mol. The van der Waals surface area contributed by atoms with E-state index < -0.39 is 0 Å². The van der Waals surface area contributed by atoms with E-state index in [2.05, 4.69) is 16.9 Å². The molecule has 0 heterocycles. The Hall–Kier alpha value is -1.55. The Morgan fingerprint density at radius 1 is 1.55 bits per heavy atom. The smallest absolute Gasteiger partial charge is 0.188 e. The number of nitrogens with one attached hydrogen (secondary N) is 1. The quantitative estimate of drug-likeness (QED) is 0.498. The van der Waals surface area contributed by atoms with Crippen molar-refractivity contribution in [3.8, 4) is 0 Å². The normalized spacial score (nSPS) is 16.9. The van der Waals surface area contributed by atoms with Gasteiger partial charge in [-0.15, -0.1) is 0 Å². The van der Waals surface area contributed by atoms with Crippen LogP contribution in [0, 0.1) is 5.82 Å². The minimum absolute atomic E-state index is 0.0830. The van der Waals surface area contributed by atoms with Crippen molar-refractivity contribution in [3.05, 3.63) is 46.8 Å². The van der Waals surface area contributed by atoms with Crippen LogP contribution in [0.1, 0.15) is 25.3 Å². The number of aliphatic imine (C=N–C) groups is 1. The average Bonchev–Trinajstić information content (AvgIpc) is 3.15. The van der Waals surface area contributed by atoms with Crippen LogP contribution in [0.15, 0.2) is 35.3 Å². The predicted octanol–water partition coefficient (Wildman–Crippen LogP) is 2.99. The van der Waals surface area contributed by atoms with Gasteiger partial charge in [0, 0.05) is 17.0 Å². The summed E-state index contributed by atoms with van der Waals surface area (Å²) in [7, 11) is 0. The minimum atomic E-state index is -0.319. The number of nitrogens with zero attached hydrogens (tertiary/aromatic N) is 1. The van der Waals surface area contributed by atoms with Crippen molar-refractivity contribution in [1.29, 1.82) is 0 Å². The summed E-state index contributed by atoms with van der Waals surface area (Å²) in [6.07, 6.45) is 1.99. The van der Waals surface area contributed by atoms with Crippen molar-refractivity contribution >= 4 is 17.6 Å². The van der Waals surface area contributed by atoms with Crippen LogP contribution in [0.3, 0.4) is 0 Å². The van der Waals surface area contributed by atoms with Gasteiger partial charge < -0.3 is 11.1 Å². The maximum absolute atomic E-state index is 13.1. The molecule has 0 radical (unpaired) electrons. The highest BCUT2D eigenvalue weighted by atomic mass is 35.5. The van der Waals surface area contributed by atoms with E-state index in [9.17, 15) is 4.39 Å². The Morgan fingerprint density at radius 2 is 2.25 bits per heavy atom. The molecule has 0 atom stereocenters. The zero-order chi connectivity index (χ0) is 14.8. The molecular weight excluding hydrogens is 277 g/mol. The molecule has 1 fully saturated rings. The third-order valence-corrected chi connectivity index (χ3v) is 3.79. The molecule has 1 aromatic rings. The topological polar surface area (TPSA) is 50.4 Å². The van der Waals surface area contributed by atoms with Gasteiger partial charge in [-0.05, 0) is 37.5 Å². The first-order valence-corrected chi connectivity index (χ1v) is 6.94. The lowest BCUT2D eigenvalue weighted by Crippen LogP contribution is -2.33. The summed E-state index contributed by atoms with van der Waals surface area (Å²) < 4.78 is 13.1. The standard InChI is InChI=1S/C15H19ClFN3/c1-10(2)8-19-14(18)20-9-15(5-6-15)12-4-3-11(17)7-13(12)16/h3-4,7H,1,5-6,8-9H2,2H3,(H3,18,19,20). The van der Waals surface area contributed by atoms with E-state index in [0.29, 0.717) is 24.1 Å². The molecule has 0 unspecified atom stereocenters. The van der Waals surface area contributed by atoms with Gasteiger partial charge >= 0.3 is 0 Å². The summed E-state index contributed by atoms with van der Waals surface area (Å²) in [6.45, 7) is 6.88. The molecule has 1 saturated carbocycles. The summed E-state index contributed by atoms with van der Waals surface area (Å²) in [4.78, 5) is 4.36. The highest BCUT2D eigenvalue weighted by molar-refractivity contribution is 6.31. The van der Waals surface area contributed by atoms with Crippen LogP contribution < -0.4 is 11.1 Å². The van der Waals surface area contributed by atoms with Crippen molar-refractivity contribution in [2.24, 2.45) is 10.7 Å². The third-order valence-electron chi connectivity index (χ3n) is 3.48. The Balaban J connectivity index is 2.05. The maximum Gasteiger partial charge on any atom is 0.188 e. The molecule has 0 saturated heterocycles. The fraction of sp³-hybridized carbons (Fsp3) is 0.400. The number of guanidine groups is 1. The van der Waals surface area contributed by atoms with Gasteiger partial charge in [-0.1, -0.05) is 29.8 Å². The van der Waals surface area contributed by atoms with Gasteiger partial charge in [0.25, 0.3) is 0 Å². The molecular formula is C15H19ClFN3. The summed E-state index contributed by atoms with van der Waals surface area (Å²) >= 11 is 6.13. The van der Waals surface area contributed by atoms with Gasteiger partial charge in [0.05, 0.1) is 6.54 Å². The highest BCUT2D eigenvalue weighted by Gasteiger charge is 2.45. The SMILES string of the molecule is C=C(C)CNC(N)=NCC1(c2ccc(F)cc2Cl)CC1. The van der Waals surface area contributed by atoms with Crippen LogP contribution >= 0.6 is 11.6 Å². The van der Waals surface area contributed by atoms with Crippen LogP contribution in [0.4, 0.5) is 4.39 Å². The van der Waals surface area contributed by atoms with Crippen molar-refractivity contribution in [1.82, 2.24) is 5.32 Å². The lowest BCUT2D eigenvalue weighted by atomic mass is 9.96. The van der Waals surface area contributed by atoms with Gasteiger partial charge in [0.1, 0.15) is 5.82 Å². The van der Waals surface area contributed by atoms with Crippen LogP contribution in [0.5, 0.6) is 0 Å². The summed E-state index contributed by atoms with van der Waals surface area (Å²) in [5, 5.41) is 3.46. The largest absolute Gasteiger partial charge is 0.370 e. The van der Waals surface area contributed by atoms with Gasteiger partial charge in [-0.2, -0.15) is 0 Å². The Bertz CT molecular complexity index is 550. The zero-order valence-electron chi connectivity index (χ0n) is 11.5. The number of hydrogen-bond donors (Lipinski definition) is 2. The Morgan fingerprint density at radius 3 is 2.80 bits per heavy atom. The second-order valence-electron chi connectivity index (χ2n) is 5.42. The van der Waals surface area contributed by atoms with E-state index in [1.807, 2.05) is 6.92 Å². The average molecular weight is 296 g/mol. The molecule has 108 valence electrons. The van der Waals surface area contributed by atoms with E-state index in [1.165, 1.54) is 12.1 Å². The molecule has 0 aliphatic heterocycles. The van der Waals surface area contributed by atoms with Crippen molar-refractivity contribution in [2.45, 2.75) is 25.2 Å². The maximum atomic E-state index is 13.1. The van der Waals surface area contributed by atoms with Gasteiger partial charge in [-0.25, -0.2) is 4.39 Å². The first-order chi connectivity index (χ1) is 9.43. The molecule has 0 bridgehead atoms. The monoisotopic (exact) mass is 295 g/mol. The highest BCUT2D eigenvalue weighted by Crippen LogP contribution is 2.50. The molecule has 0 aromatic heterocycles. The first kappa shape index (κ1) is 14.9. The van der Waals surface area contributed by atoms with Crippen molar-refractivity contribution in [3.63, 3.8) is 0 Å². The van der Waals surface area contributed by atoms with Crippen LogP contribution in [-0.2, 0) is 5.41 Å². The molecule has 3 nitrogen and oxygen atoms in total. The summed E-state index contributed by atoms with van der Waals surface area (Å²) in [6, 6.07) is 4.54. The first-order valence-electron chi connectivity index (χ1n) is 6.57. The van der Waals surface area contributed by atoms with E-state index in [-0.39, 0.29) is 11.2 Å². The van der Waals surface area contributed by atoms with E-state index in [4.69, 9.17) is 17.3 Å². The molecule has 20 heavy (non-hydrogen) atoms. The number of halogens is 2. The van der Waals surface area contributed by atoms with Crippen LogP contribution in [0.2, 0.25) is 5.02 Å². The number of nitrogens with two attached hydrogens (primary N) is 1. The fourth-order valence-corrected chi connectivity index (χ4v) is 2.48. The van der Waals surface area contributed by atoms with E-state index >= 15 is 0 Å². The molecule has 1 aliphatic rings. The second-order valence-corrected chi connectivity index (χ2v) is 5.82. The van der Waals surface area contributed by atoms with Gasteiger partial charge in [0.15, 0.2) is 5.96 Å². The number of benzene rings is 1. The minimum Gasteiger partial charge on any atom is -0.370 e. The molecule has 3 N–H and O–H groups in total. The van der Waals surface area contributed by atoms with Crippen molar-refractivity contribution < 1.29 is 4.39 Å². The fourth-order valence-electron chi connectivity index (χ4n) is 2.12. The molecule has 5 heteroatoms.